The molecule has 0 atom stereocenters. The van der Waals surface area contributed by atoms with E-state index in [1.54, 1.807) is 0 Å². The van der Waals surface area contributed by atoms with Crippen molar-refractivity contribution in [2.75, 3.05) is 13.0 Å². The topological polar surface area (TPSA) is 27.7 Å². The molecule has 0 saturated heterocycles. The van der Waals surface area contributed by atoms with Crippen LogP contribution in [0.5, 0.6) is 11.5 Å². The van der Waals surface area contributed by atoms with Crippen LogP contribution in [-0.2, 0) is 26.4 Å². The van der Waals surface area contributed by atoms with Gasteiger partial charge < -0.3 is 13.8 Å². The molecule has 0 fully saturated rings. The van der Waals surface area contributed by atoms with E-state index < -0.39 is 8.38 Å². The Labute approximate surface area is 216 Å². The molecular weight excluding hydrogens is 451 g/mol. The third-order valence-corrected chi connectivity index (χ3v) is 7.30. The van der Waals surface area contributed by atoms with Crippen molar-refractivity contribution in [3.8, 4) is 11.5 Å². The minimum absolute atomic E-state index is 0.0614. The molecule has 0 saturated carbocycles. The maximum atomic E-state index is 6.63. The monoisotopic (exact) mass is 500 g/mol. The van der Waals surface area contributed by atoms with Gasteiger partial charge in [0.15, 0.2) is 0 Å². The predicted molar refractivity (Wildman–Crippen MR) is 152 cm³/mol. The third kappa shape index (κ3) is 8.22. The van der Waals surface area contributed by atoms with Crippen LogP contribution in [0.4, 0.5) is 0 Å². The van der Waals surface area contributed by atoms with Gasteiger partial charge in [-0.05, 0) is 51.8 Å². The summed E-state index contributed by atoms with van der Waals surface area (Å²) >= 11 is 0. The summed E-state index contributed by atoms with van der Waals surface area (Å²) in [5.41, 5.74) is 5.01. The second-order valence-electron chi connectivity index (χ2n) is 13.6. The number of hydrogen-bond donors (Lipinski definition) is 0. The van der Waals surface area contributed by atoms with Crippen LogP contribution in [-0.4, -0.2) is 13.0 Å². The van der Waals surface area contributed by atoms with Gasteiger partial charge in [-0.15, -0.1) is 0 Å². The van der Waals surface area contributed by atoms with Gasteiger partial charge in [0.25, 0.3) is 0 Å². The Morgan fingerprint density at radius 2 is 0.943 bits per heavy atom. The van der Waals surface area contributed by atoms with Crippen LogP contribution in [0.25, 0.3) is 0 Å². The van der Waals surface area contributed by atoms with Crippen LogP contribution in [0.3, 0.4) is 0 Å². The van der Waals surface area contributed by atoms with Gasteiger partial charge in [-0.25, -0.2) is 0 Å². The number of benzene rings is 2. The van der Waals surface area contributed by atoms with Crippen LogP contribution in [0, 0.1) is 0 Å². The first-order valence-electron chi connectivity index (χ1n) is 12.9. The number of hydrogen-bond acceptors (Lipinski definition) is 3. The lowest BCUT2D eigenvalue weighted by Gasteiger charge is -2.30. The van der Waals surface area contributed by atoms with Gasteiger partial charge >= 0.3 is 8.38 Å². The molecule has 35 heavy (non-hydrogen) atoms. The van der Waals surface area contributed by atoms with E-state index in [0.29, 0.717) is 13.0 Å². The van der Waals surface area contributed by atoms with Crippen molar-refractivity contribution >= 4 is 8.38 Å². The lowest BCUT2D eigenvalue weighted by molar-refractivity contribution is 0.184. The summed E-state index contributed by atoms with van der Waals surface area (Å²) in [6.45, 7) is 29.5. The molecule has 0 aliphatic heterocycles. The van der Waals surface area contributed by atoms with Gasteiger partial charge in [-0.2, -0.15) is 0 Å². The van der Waals surface area contributed by atoms with E-state index in [4.69, 9.17) is 13.8 Å². The summed E-state index contributed by atoms with van der Waals surface area (Å²) in [6, 6.07) is 13.2. The summed E-state index contributed by atoms with van der Waals surface area (Å²) in [6.07, 6.45) is 0.418. The molecule has 0 aliphatic rings. The van der Waals surface area contributed by atoms with E-state index in [0.717, 1.165) is 11.5 Å². The lowest BCUT2D eigenvalue weighted by Crippen LogP contribution is -2.18. The summed E-state index contributed by atoms with van der Waals surface area (Å²) in [5.74, 6) is 1.75. The highest BCUT2D eigenvalue weighted by atomic mass is 31.2. The second-order valence-corrected chi connectivity index (χ2v) is 14.8. The average Bonchev–Trinajstić information content (AvgIpc) is 2.69. The molecule has 0 radical (unpaired) electrons. The molecule has 0 aromatic heterocycles. The van der Waals surface area contributed by atoms with Crippen LogP contribution in [0.1, 0.15) is 112 Å². The second kappa shape index (κ2) is 10.8. The fraction of sp³-hybridized carbons (Fsp3) is 0.613. The summed E-state index contributed by atoms with van der Waals surface area (Å²) in [4.78, 5) is 0. The highest BCUT2D eigenvalue weighted by molar-refractivity contribution is 7.47. The van der Waals surface area contributed by atoms with Crippen molar-refractivity contribution in [1.82, 2.24) is 0 Å². The normalized spacial score (nSPS) is 13.3. The highest BCUT2D eigenvalue weighted by Crippen LogP contribution is 2.47. The average molecular weight is 501 g/mol. The molecule has 0 spiro atoms. The first-order valence-corrected chi connectivity index (χ1v) is 14.2. The quantitative estimate of drug-likeness (QED) is 0.354. The fourth-order valence-electron chi connectivity index (χ4n) is 3.78. The fourth-order valence-corrected chi connectivity index (χ4v) is 5.01. The Morgan fingerprint density at radius 1 is 0.571 bits per heavy atom. The molecule has 2 rings (SSSR count). The molecule has 0 unspecified atom stereocenters. The largest absolute Gasteiger partial charge is 0.437 e. The molecule has 3 nitrogen and oxygen atoms in total. The smallest absolute Gasteiger partial charge is 0.318 e. The summed E-state index contributed by atoms with van der Waals surface area (Å²) in [5, 5.41) is 0. The first kappa shape index (κ1) is 29.7. The number of ether oxygens (including phenoxy) is 1. The zero-order valence-electron chi connectivity index (χ0n) is 24.6. The molecule has 196 valence electrons. The predicted octanol–water partition coefficient (Wildman–Crippen LogP) is 9.64. The van der Waals surface area contributed by atoms with Crippen molar-refractivity contribution in [3.05, 3.63) is 58.7 Å². The maximum Gasteiger partial charge on any atom is 0.318 e. The van der Waals surface area contributed by atoms with Crippen molar-refractivity contribution < 1.29 is 13.8 Å². The van der Waals surface area contributed by atoms with Crippen molar-refractivity contribution in [3.63, 3.8) is 0 Å². The van der Waals surface area contributed by atoms with E-state index in [1.165, 1.54) is 22.3 Å². The van der Waals surface area contributed by atoms with E-state index in [2.05, 4.69) is 119 Å². The van der Waals surface area contributed by atoms with E-state index >= 15 is 0 Å². The molecule has 0 bridgehead atoms. The van der Waals surface area contributed by atoms with Gasteiger partial charge in [0.05, 0.1) is 0 Å². The Hall–Kier alpha value is -1.57. The van der Waals surface area contributed by atoms with Gasteiger partial charge in [-0.1, -0.05) is 107 Å². The molecule has 0 heterocycles. The lowest BCUT2D eigenvalue weighted by atomic mass is 9.80. The zero-order valence-corrected chi connectivity index (χ0v) is 25.4. The molecular formula is C31H49O3P. The van der Waals surface area contributed by atoms with Crippen molar-refractivity contribution in [1.29, 1.82) is 0 Å². The number of rotatable bonds is 7. The van der Waals surface area contributed by atoms with Crippen LogP contribution in [0.15, 0.2) is 36.4 Å². The third-order valence-electron chi connectivity index (χ3n) is 6.11. The highest BCUT2D eigenvalue weighted by Gasteiger charge is 2.28. The van der Waals surface area contributed by atoms with E-state index in [9.17, 15) is 0 Å². The van der Waals surface area contributed by atoms with Gasteiger partial charge in [-0.3, -0.25) is 0 Å². The summed E-state index contributed by atoms with van der Waals surface area (Å²) < 4.78 is 19.1. The van der Waals surface area contributed by atoms with Crippen molar-refractivity contribution in [2.24, 2.45) is 0 Å². The van der Waals surface area contributed by atoms with Crippen LogP contribution < -0.4 is 9.05 Å². The van der Waals surface area contributed by atoms with Crippen LogP contribution >= 0.6 is 8.38 Å². The van der Waals surface area contributed by atoms with Gasteiger partial charge in [0.2, 0.25) is 0 Å². The molecule has 2 aromatic rings. The zero-order chi connectivity index (χ0) is 26.8. The van der Waals surface area contributed by atoms with Crippen molar-refractivity contribution in [2.45, 2.75) is 112 Å². The van der Waals surface area contributed by atoms with E-state index in [1.807, 2.05) is 6.92 Å². The molecule has 0 aliphatic carbocycles. The Balaban J connectivity index is 2.50. The summed E-state index contributed by atoms with van der Waals surface area (Å²) in [7, 11) is -1.34. The first-order chi connectivity index (χ1) is 15.8. The van der Waals surface area contributed by atoms with Gasteiger partial charge in [0.1, 0.15) is 17.8 Å². The maximum absolute atomic E-state index is 6.63. The SMILES string of the molecule is CCOCP(Oc1ccc(C(C)(C)C)cc1C(C)(C)C)Oc1ccc(C(C)(C)C)cc1C(C)(C)C. The molecule has 2 aromatic carbocycles. The Kier molecular flexibility index (Phi) is 9.16. The molecule has 0 amide bonds. The van der Waals surface area contributed by atoms with E-state index in [-0.39, 0.29) is 21.7 Å². The minimum atomic E-state index is -1.34. The molecule has 4 heteroatoms. The Morgan fingerprint density at radius 3 is 1.23 bits per heavy atom. The van der Waals surface area contributed by atoms with Gasteiger partial charge in [0, 0.05) is 17.7 Å². The standard InChI is InChI=1S/C31H49O3P/c1-14-32-21-35(33-26-17-15-22(28(2,3)4)19-24(26)30(8,9)10)34-27-18-16-23(29(5,6)7)20-25(27)31(11,12)13/h15-20H,14,21H2,1-13H3. The van der Waals surface area contributed by atoms with Crippen LogP contribution in [0.2, 0.25) is 0 Å². The Bertz CT molecular complexity index is 905. The minimum Gasteiger partial charge on any atom is -0.437 e. The molecule has 0 N–H and O–H groups in total.